The Balaban J connectivity index is 1.79. The number of nitrogens with zero attached hydrogens (tertiary/aromatic N) is 3. The molecule has 1 aliphatic rings. The molecule has 1 aliphatic heterocycles. The third kappa shape index (κ3) is 2.82. The Morgan fingerprint density at radius 1 is 1.04 bits per heavy atom. The van der Waals surface area contributed by atoms with E-state index in [9.17, 15) is 8.42 Å². The first-order valence-electron chi connectivity index (χ1n) is 8.15. The minimum Gasteiger partial charge on any atom is -0.369 e. The van der Waals surface area contributed by atoms with Crippen molar-refractivity contribution in [1.29, 1.82) is 0 Å². The van der Waals surface area contributed by atoms with Crippen LogP contribution in [-0.4, -0.2) is 49.1 Å². The molecule has 2 aromatic rings. The predicted octanol–water partition coefficient (Wildman–Crippen LogP) is 2.15. The molecule has 0 aliphatic carbocycles. The lowest BCUT2D eigenvalue weighted by atomic mass is 10.1. The third-order valence-corrected chi connectivity index (χ3v) is 6.98. The van der Waals surface area contributed by atoms with E-state index in [0.29, 0.717) is 42.5 Å². The number of H-pyrrole nitrogens is 1. The van der Waals surface area contributed by atoms with Gasteiger partial charge in [-0.05, 0) is 44.9 Å². The smallest absolute Gasteiger partial charge is 0.246 e. The Labute approximate surface area is 143 Å². The van der Waals surface area contributed by atoms with Gasteiger partial charge in [0.1, 0.15) is 4.90 Å². The SMILES string of the molecule is Cc1cccc(N2CCN(S(=O)(=O)c3c(C)n[nH]c3C)CC2)c1C. The first-order valence-corrected chi connectivity index (χ1v) is 9.59. The fourth-order valence-corrected chi connectivity index (χ4v) is 5.05. The summed E-state index contributed by atoms with van der Waals surface area (Å²) in [6, 6.07) is 6.26. The molecule has 0 radical (unpaired) electrons. The molecule has 24 heavy (non-hydrogen) atoms. The molecule has 0 spiro atoms. The number of benzene rings is 1. The molecule has 0 unspecified atom stereocenters. The Bertz CT molecular complexity index is 830. The van der Waals surface area contributed by atoms with Crippen LogP contribution in [0.4, 0.5) is 5.69 Å². The van der Waals surface area contributed by atoms with Crippen molar-refractivity contribution in [3.05, 3.63) is 40.7 Å². The normalized spacial score (nSPS) is 16.6. The van der Waals surface area contributed by atoms with E-state index in [4.69, 9.17) is 0 Å². The van der Waals surface area contributed by atoms with Crippen LogP contribution in [-0.2, 0) is 10.0 Å². The number of aromatic nitrogens is 2. The average Bonchev–Trinajstić information content (AvgIpc) is 2.89. The third-order valence-electron chi connectivity index (χ3n) is 4.81. The molecule has 130 valence electrons. The Hall–Kier alpha value is -1.86. The van der Waals surface area contributed by atoms with Crippen LogP contribution in [0.2, 0.25) is 0 Å². The molecule has 2 heterocycles. The van der Waals surface area contributed by atoms with E-state index in [-0.39, 0.29) is 0 Å². The van der Waals surface area contributed by atoms with Crippen molar-refractivity contribution in [3.63, 3.8) is 0 Å². The van der Waals surface area contributed by atoms with Crippen molar-refractivity contribution in [2.45, 2.75) is 32.6 Å². The van der Waals surface area contributed by atoms with E-state index < -0.39 is 10.0 Å². The first-order chi connectivity index (χ1) is 11.3. The van der Waals surface area contributed by atoms with E-state index >= 15 is 0 Å². The number of piperazine rings is 1. The Morgan fingerprint density at radius 2 is 1.71 bits per heavy atom. The molecule has 0 bridgehead atoms. The summed E-state index contributed by atoms with van der Waals surface area (Å²) >= 11 is 0. The lowest BCUT2D eigenvalue weighted by Crippen LogP contribution is -2.49. The van der Waals surface area contributed by atoms with Gasteiger partial charge in [-0.15, -0.1) is 0 Å². The summed E-state index contributed by atoms with van der Waals surface area (Å²) in [5.74, 6) is 0. The molecule has 3 rings (SSSR count). The number of anilines is 1. The van der Waals surface area contributed by atoms with Gasteiger partial charge in [0.25, 0.3) is 0 Å². The zero-order chi connectivity index (χ0) is 17.5. The number of aromatic amines is 1. The second kappa shape index (κ2) is 6.22. The van der Waals surface area contributed by atoms with Crippen LogP contribution < -0.4 is 4.90 Å². The van der Waals surface area contributed by atoms with Crippen molar-refractivity contribution in [2.75, 3.05) is 31.1 Å². The number of nitrogens with one attached hydrogen (secondary N) is 1. The highest BCUT2D eigenvalue weighted by Gasteiger charge is 2.32. The lowest BCUT2D eigenvalue weighted by Gasteiger charge is -2.36. The van der Waals surface area contributed by atoms with Gasteiger partial charge in [-0.3, -0.25) is 5.10 Å². The summed E-state index contributed by atoms with van der Waals surface area (Å²) < 4.78 is 27.4. The second-order valence-electron chi connectivity index (χ2n) is 6.37. The molecule has 0 atom stereocenters. The van der Waals surface area contributed by atoms with Crippen molar-refractivity contribution >= 4 is 15.7 Å². The van der Waals surface area contributed by atoms with Crippen LogP contribution >= 0.6 is 0 Å². The van der Waals surface area contributed by atoms with Crippen molar-refractivity contribution in [2.24, 2.45) is 0 Å². The van der Waals surface area contributed by atoms with Crippen LogP contribution in [0.15, 0.2) is 23.1 Å². The molecule has 1 aromatic heterocycles. The van der Waals surface area contributed by atoms with Gasteiger partial charge < -0.3 is 4.90 Å². The summed E-state index contributed by atoms with van der Waals surface area (Å²) in [7, 11) is -3.49. The van der Waals surface area contributed by atoms with Crippen LogP contribution in [0.1, 0.15) is 22.5 Å². The maximum atomic E-state index is 12.9. The van der Waals surface area contributed by atoms with Crippen molar-refractivity contribution in [3.8, 4) is 0 Å². The summed E-state index contributed by atoms with van der Waals surface area (Å²) in [5.41, 5.74) is 4.85. The van der Waals surface area contributed by atoms with E-state index in [1.54, 1.807) is 18.2 Å². The highest BCUT2D eigenvalue weighted by Crippen LogP contribution is 2.27. The van der Waals surface area contributed by atoms with Gasteiger partial charge in [0.15, 0.2) is 0 Å². The minimum absolute atomic E-state index is 0.322. The molecule has 0 amide bonds. The van der Waals surface area contributed by atoms with Gasteiger partial charge in [0.05, 0.1) is 11.4 Å². The summed E-state index contributed by atoms with van der Waals surface area (Å²) in [6.07, 6.45) is 0. The highest BCUT2D eigenvalue weighted by atomic mass is 32.2. The zero-order valence-electron chi connectivity index (χ0n) is 14.6. The molecule has 1 aromatic carbocycles. The Kier molecular flexibility index (Phi) is 4.40. The zero-order valence-corrected chi connectivity index (χ0v) is 15.4. The van der Waals surface area contributed by atoms with E-state index in [0.717, 1.165) is 0 Å². The summed E-state index contributed by atoms with van der Waals surface area (Å²) in [4.78, 5) is 2.59. The van der Waals surface area contributed by atoms with E-state index in [1.807, 2.05) is 0 Å². The maximum Gasteiger partial charge on any atom is 0.246 e. The van der Waals surface area contributed by atoms with Crippen LogP contribution in [0.25, 0.3) is 0 Å². The molecule has 1 saturated heterocycles. The van der Waals surface area contributed by atoms with Gasteiger partial charge in [0, 0.05) is 31.9 Å². The Morgan fingerprint density at radius 3 is 2.29 bits per heavy atom. The molecule has 1 fully saturated rings. The van der Waals surface area contributed by atoms with Crippen LogP contribution in [0.5, 0.6) is 0 Å². The quantitative estimate of drug-likeness (QED) is 0.923. The number of hydrogen-bond acceptors (Lipinski definition) is 4. The average molecular weight is 348 g/mol. The first kappa shape index (κ1) is 17.0. The summed E-state index contributed by atoms with van der Waals surface area (Å²) in [5, 5.41) is 6.78. The van der Waals surface area contributed by atoms with E-state index in [2.05, 4.69) is 47.1 Å². The number of aryl methyl sites for hydroxylation is 3. The molecular formula is C17H24N4O2S. The summed E-state index contributed by atoms with van der Waals surface area (Å²) in [6.45, 7) is 10.1. The fraction of sp³-hybridized carbons (Fsp3) is 0.471. The van der Waals surface area contributed by atoms with Gasteiger partial charge in [-0.25, -0.2) is 8.42 Å². The fourth-order valence-electron chi connectivity index (χ4n) is 3.30. The monoisotopic (exact) mass is 348 g/mol. The van der Waals surface area contributed by atoms with E-state index in [1.165, 1.54) is 16.8 Å². The van der Waals surface area contributed by atoms with Gasteiger partial charge in [-0.2, -0.15) is 9.40 Å². The minimum atomic E-state index is -3.49. The van der Waals surface area contributed by atoms with Crippen LogP contribution in [0.3, 0.4) is 0 Å². The maximum absolute atomic E-state index is 12.9. The topological polar surface area (TPSA) is 69.3 Å². The largest absolute Gasteiger partial charge is 0.369 e. The van der Waals surface area contributed by atoms with Crippen molar-refractivity contribution in [1.82, 2.24) is 14.5 Å². The van der Waals surface area contributed by atoms with Crippen LogP contribution in [0, 0.1) is 27.7 Å². The molecular weight excluding hydrogens is 324 g/mol. The van der Waals surface area contributed by atoms with Crippen molar-refractivity contribution < 1.29 is 8.42 Å². The second-order valence-corrected chi connectivity index (χ2v) is 8.25. The van der Waals surface area contributed by atoms with Gasteiger partial charge in [0.2, 0.25) is 10.0 Å². The number of hydrogen-bond donors (Lipinski definition) is 1. The molecule has 6 nitrogen and oxygen atoms in total. The standard InChI is InChI=1S/C17H24N4O2S/c1-12-6-5-7-16(13(12)2)20-8-10-21(11-9-20)24(22,23)17-14(3)18-19-15(17)4/h5-7H,8-11H2,1-4H3,(H,18,19). The number of rotatable bonds is 3. The highest BCUT2D eigenvalue weighted by molar-refractivity contribution is 7.89. The predicted molar refractivity (Wildman–Crippen MR) is 94.9 cm³/mol. The van der Waals surface area contributed by atoms with Gasteiger partial charge >= 0.3 is 0 Å². The molecule has 0 saturated carbocycles. The van der Waals surface area contributed by atoms with Gasteiger partial charge in [-0.1, -0.05) is 12.1 Å². The number of sulfonamides is 1. The molecule has 1 N–H and O–H groups in total. The lowest BCUT2D eigenvalue weighted by molar-refractivity contribution is 0.384. The molecule has 7 heteroatoms.